The first-order valence-corrected chi connectivity index (χ1v) is 9.39. The number of nitrogens with zero attached hydrogens (tertiary/aromatic N) is 5. The molecule has 0 atom stereocenters. The van der Waals surface area contributed by atoms with E-state index in [9.17, 15) is 4.79 Å². The van der Waals surface area contributed by atoms with Crippen molar-refractivity contribution in [1.29, 1.82) is 0 Å². The van der Waals surface area contributed by atoms with Gasteiger partial charge in [0.2, 0.25) is 0 Å². The number of carbonyl (C=O) groups is 1. The van der Waals surface area contributed by atoms with Crippen LogP contribution in [0.4, 0.5) is 5.69 Å². The highest BCUT2D eigenvalue weighted by Gasteiger charge is 2.17. The number of aromatic nitrogens is 4. The molecule has 0 aromatic carbocycles. The van der Waals surface area contributed by atoms with Crippen molar-refractivity contribution in [2.24, 2.45) is 0 Å². The minimum Gasteiger partial charge on any atom is -0.310 e. The summed E-state index contributed by atoms with van der Waals surface area (Å²) in [6, 6.07) is 5.19. The summed E-state index contributed by atoms with van der Waals surface area (Å²) in [6.07, 6.45) is 4.79. The van der Waals surface area contributed by atoms with E-state index in [4.69, 9.17) is 11.6 Å². The fraction of sp³-hybridized carbons (Fsp3) is 0.211. The van der Waals surface area contributed by atoms with E-state index in [2.05, 4.69) is 19.9 Å². The molecule has 3 aromatic heterocycles. The van der Waals surface area contributed by atoms with Crippen molar-refractivity contribution in [3.05, 3.63) is 64.3 Å². The van der Waals surface area contributed by atoms with E-state index in [1.54, 1.807) is 31.6 Å². The molecule has 1 amide bonds. The maximum atomic E-state index is 12.7. The van der Waals surface area contributed by atoms with Crippen LogP contribution in [0.1, 0.15) is 27.3 Å². The Morgan fingerprint density at radius 1 is 1.15 bits per heavy atom. The highest BCUT2D eigenvalue weighted by molar-refractivity contribution is 7.99. The van der Waals surface area contributed by atoms with Crippen LogP contribution in [0.5, 0.6) is 0 Å². The van der Waals surface area contributed by atoms with Gasteiger partial charge in [0.1, 0.15) is 5.03 Å². The van der Waals surface area contributed by atoms with Crippen LogP contribution in [0.25, 0.3) is 0 Å². The number of hydrogen-bond acceptors (Lipinski definition) is 6. The monoisotopic (exact) mass is 399 g/mol. The zero-order valence-electron chi connectivity index (χ0n) is 15.4. The van der Waals surface area contributed by atoms with Gasteiger partial charge in [0.05, 0.1) is 22.5 Å². The Morgan fingerprint density at radius 3 is 2.44 bits per heavy atom. The van der Waals surface area contributed by atoms with E-state index >= 15 is 0 Å². The van der Waals surface area contributed by atoms with E-state index < -0.39 is 0 Å². The van der Waals surface area contributed by atoms with Crippen LogP contribution in [0.2, 0.25) is 5.02 Å². The van der Waals surface area contributed by atoms with Crippen LogP contribution in [0.15, 0.2) is 47.0 Å². The summed E-state index contributed by atoms with van der Waals surface area (Å²) in [4.78, 5) is 31.5. The molecule has 0 radical (unpaired) electrons. The minimum absolute atomic E-state index is 0.216. The topological polar surface area (TPSA) is 71.9 Å². The number of pyridine rings is 2. The van der Waals surface area contributed by atoms with Gasteiger partial charge in [-0.3, -0.25) is 9.78 Å². The van der Waals surface area contributed by atoms with Gasteiger partial charge in [0.25, 0.3) is 5.91 Å². The Hall–Kier alpha value is -2.51. The Labute approximate surface area is 167 Å². The van der Waals surface area contributed by atoms with Crippen LogP contribution in [-0.4, -0.2) is 32.9 Å². The van der Waals surface area contributed by atoms with Gasteiger partial charge in [-0.1, -0.05) is 11.6 Å². The molecule has 3 heterocycles. The summed E-state index contributed by atoms with van der Waals surface area (Å²) in [6.45, 7) is 5.88. The molecular formula is C19H18ClN5OS. The number of carbonyl (C=O) groups excluding carboxylic acids is 1. The molecule has 3 aromatic rings. The smallest absolute Gasteiger partial charge is 0.259 e. The zero-order valence-corrected chi connectivity index (χ0v) is 17.0. The van der Waals surface area contributed by atoms with Gasteiger partial charge in [-0.05, 0) is 56.3 Å². The second-order valence-corrected chi connectivity index (χ2v) is 7.35. The molecule has 0 N–H and O–H groups in total. The Morgan fingerprint density at radius 2 is 1.85 bits per heavy atom. The van der Waals surface area contributed by atoms with Gasteiger partial charge in [-0.2, -0.15) is 0 Å². The van der Waals surface area contributed by atoms with Gasteiger partial charge in [-0.15, -0.1) is 0 Å². The zero-order chi connectivity index (χ0) is 19.6. The molecule has 0 bridgehead atoms. The first-order chi connectivity index (χ1) is 12.9. The summed E-state index contributed by atoms with van der Waals surface area (Å²) < 4.78 is 0. The standard InChI is InChI=1S/C19H18ClN5OS/c1-11-12(2)23-19(24-13(11)3)27-17-16(20)8-14(9-22-17)18(26)25(4)15-6-5-7-21-10-15/h5-10H,1-4H3. The van der Waals surface area contributed by atoms with Crippen molar-refractivity contribution in [2.45, 2.75) is 31.0 Å². The van der Waals surface area contributed by atoms with Crippen molar-refractivity contribution in [1.82, 2.24) is 19.9 Å². The quantitative estimate of drug-likeness (QED) is 0.610. The molecule has 0 aliphatic rings. The number of hydrogen-bond donors (Lipinski definition) is 0. The Bertz CT molecular complexity index is 974. The minimum atomic E-state index is -0.216. The molecule has 0 spiro atoms. The van der Waals surface area contributed by atoms with Crippen molar-refractivity contribution in [2.75, 3.05) is 11.9 Å². The van der Waals surface area contributed by atoms with Gasteiger partial charge in [-0.25, -0.2) is 15.0 Å². The van der Waals surface area contributed by atoms with Crippen molar-refractivity contribution in [3.8, 4) is 0 Å². The number of anilines is 1. The van der Waals surface area contributed by atoms with Crippen LogP contribution in [0.3, 0.4) is 0 Å². The molecule has 6 nitrogen and oxygen atoms in total. The van der Waals surface area contributed by atoms with E-state index in [1.165, 1.54) is 22.9 Å². The van der Waals surface area contributed by atoms with Crippen LogP contribution in [-0.2, 0) is 0 Å². The molecule has 138 valence electrons. The number of amides is 1. The third kappa shape index (κ3) is 4.26. The average Bonchev–Trinajstić information content (AvgIpc) is 2.67. The molecule has 0 unspecified atom stereocenters. The normalized spacial score (nSPS) is 10.7. The maximum Gasteiger partial charge on any atom is 0.259 e. The lowest BCUT2D eigenvalue weighted by atomic mass is 10.2. The maximum absolute atomic E-state index is 12.7. The molecular weight excluding hydrogens is 382 g/mol. The molecule has 0 saturated carbocycles. The van der Waals surface area contributed by atoms with Crippen LogP contribution < -0.4 is 4.90 Å². The lowest BCUT2D eigenvalue weighted by molar-refractivity contribution is 0.0992. The third-order valence-electron chi connectivity index (χ3n) is 4.19. The van der Waals surface area contributed by atoms with Gasteiger partial charge in [0, 0.05) is 30.8 Å². The predicted molar refractivity (Wildman–Crippen MR) is 107 cm³/mol. The second kappa shape index (κ2) is 8.02. The van der Waals surface area contributed by atoms with Crippen molar-refractivity contribution >= 4 is 35.0 Å². The predicted octanol–water partition coefficient (Wildman–Crippen LogP) is 4.27. The summed E-state index contributed by atoms with van der Waals surface area (Å²) in [5.41, 5.74) is 4.00. The fourth-order valence-corrected chi connectivity index (χ4v) is 3.44. The SMILES string of the molecule is Cc1nc(Sc2ncc(C(=O)N(C)c3cccnc3)cc2Cl)nc(C)c1C. The first-order valence-electron chi connectivity index (χ1n) is 8.20. The largest absolute Gasteiger partial charge is 0.310 e. The summed E-state index contributed by atoms with van der Waals surface area (Å²) >= 11 is 7.64. The molecule has 27 heavy (non-hydrogen) atoms. The van der Waals surface area contributed by atoms with E-state index in [-0.39, 0.29) is 5.91 Å². The summed E-state index contributed by atoms with van der Waals surface area (Å²) in [5, 5.41) is 1.52. The lowest BCUT2D eigenvalue weighted by Gasteiger charge is -2.17. The molecule has 0 aliphatic heterocycles. The van der Waals surface area contributed by atoms with E-state index in [0.29, 0.717) is 26.5 Å². The number of halogens is 1. The lowest BCUT2D eigenvalue weighted by Crippen LogP contribution is -2.26. The Kier molecular flexibility index (Phi) is 5.72. The highest BCUT2D eigenvalue weighted by atomic mass is 35.5. The molecule has 8 heteroatoms. The number of rotatable bonds is 4. The molecule has 0 aliphatic carbocycles. The third-order valence-corrected chi connectivity index (χ3v) is 5.48. The van der Waals surface area contributed by atoms with E-state index in [1.807, 2.05) is 26.8 Å². The van der Waals surface area contributed by atoms with Crippen molar-refractivity contribution in [3.63, 3.8) is 0 Å². The van der Waals surface area contributed by atoms with Crippen LogP contribution in [0, 0.1) is 20.8 Å². The molecule has 0 saturated heterocycles. The summed E-state index contributed by atoms with van der Waals surface area (Å²) in [7, 11) is 1.68. The Balaban J connectivity index is 1.82. The molecule has 3 rings (SSSR count). The first kappa shape index (κ1) is 19.3. The van der Waals surface area contributed by atoms with Crippen molar-refractivity contribution < 1.29 is 4.79 Å². The summed E-state index contributed by atoms with van der Waals surface area (Å²) in [5.74, 6) is -0.216. The highest BCUT2D eigenvalue weighted by Crippen LogP contribution is 2.31. The van der Waals surface area contributed by atoms with Gasteiger partial charge >= 0.3 is 0 Å². The van der Waals surface area contributed by atoms with E-state index in [0.717, 1.165) is 17.0 Å². The average molecular weight is 400 g/mol. The van der Waals surface area contributed by atoms with Gasteiger partial charge < -0.3 is 4.90 Å². The molecule has 0 fully saturated rings. The number of aryl methyl sites for hydroxylation is 2. The fourth-order valence-electron chi connectivity index (χ4n) is 2.35. The second-order valence-electron chi connectivity index (χ2n) is 5.99. The van der Waals surface area contributed by atoms with Gasteiger partial charge in [0.15, 0.2) is 5.16 Å². The van der Waals surface area contributed by atoms with Crippen LogP contribution >= 0.6 is 23.4 Å².